The van der Waals surface area contributed by atoms with Crippen molar-refractivity contribution in [1.82, 2.24) is 0 Å². The summed E-state index contributed by atoms with van der Waals surface area (Å²) in [6.07, 6.45) is 0. The number of halogens is 2. The van der Waals surface area contributed by atoms with Crippen molar-refractivity contribution in [2.24, 2.45) is 0 Å². The molecule has 1 N–H and O–H groups in total. The van der Waals surface area contributed by atoms with Crippen molar-refractivity contribution in [2.75, 3.05) is 5.32 Å². The Hall–Kier alpha value is -2.10. The van der Waals surface area contributed by atoms with Crippen molar-refractivity contribution in [3.05, 3.63) is 59.7 Å². The molecular weight excluding hydrogens is 260 g/mol. The fourth-order valence-corrected chi connectivity index (χ4v) is 2.03. The molecule has 0 spiro atoms. The number of rotatable bonds is 5. The van der Waals surface area contributed by atoms with Gasteiger partial charge in [0.1, 0.15) is 5.75 Å². The van der Waals surface area contributed by atoms with Gasteiger partial charge >= 0.3 is 6.61 Å². The maximum atomic E-state index is 12.2. The molecule has 2 aromatic carbocycles. The quantitative estimate of drug-likeness (QED) is 0.850. The first-order valence-electron chi connectivity index (χ1n) is 6.42. The van der Waals surface area contributed by atoms with E-state index >= 15 is 0 Å². The number of aryl methyl sites for hydroxylation is 1. The molecule has 0 fully saturated rings. The molecular formula is C16H17F2NO. The van der Waals surface area contributed by atoms with Gasteiger partial charge in [-0.3, -0.25) is 0 Å². The van der Waals surface area contributed by atoms with Gasteiger partial charge in [0.25, 0.3) is 0 Å². The molecule has 20 heavy (non-hydrogen) atoms. The highest BCUT2D eigenvalue weighted by molar-refractivity contribution is 5.50. The van der Waals surface area contributed by atoms with E-state index in [0.29, 0.717) is 0 Å². The van der Waals surface area contributed by atoms with Crippen LogP contribution in [-0.4, -0.2) is 6.61 Å². The van der Waals surface area contributed by atoms with Crippen LogP contribution in [0.1, 0.15) is 24.1 Å². The van der Waals surface area contributed by atoms with E-state index in [1.165, 1.54) is 11.6 Å². The van der Waals surface area contributed by atoms with E-state index in [1.54, 1.807) is 12.1 Å². The zero-order chi connectivity index (χ0) is 14.5. The molecule has 2 nitrogen and oxygen atoms in total. The van der Waals surface area contributed by atoms with E-state index < -0.39 is 6.61 Å². The van der Waals surface area contributed by atoms with Gasteiger partial charge in [-0.25, -0.2) is 0 Å². The molecule has 0 aliphatic carbocycles. The first kappa shape index (κ1) is 14.3. The van der Waals surface area contributed by atoms with Gasteiger partial charge in [-0.2, -0.15) is 8.78 Å². The molecule has 2 rings (SSSR count). The zero-order valence-electron chi connectivity index (χ0n) is 11.4. The Morgan fingerprint density at radius 1 is 1.05 bits per heavy atom. The molecule has 0 saturated heterocycles. The number of ether oxygens (including phenoxy) is 1. The standard InChI is InChI=1S/C16H17F2NO/c1-11-5-3-6-13(9-11)12(2)19-14-7-4-8-15(10-14)20-16(17)18/h3-10,12,16,19H,1-2H3. The minimum absolute atomic E-state index is 0.0803. The number of hydrogen-bond acceptors (Lipinski definition) is 2. The summed E-state index contributed by atoms with van der Waals surface area (Å²) in [7, 11) is 0. The third kappa shape index (κ3) is 3.95. The van der Waals surface area contributed by atoms with Gasteiger partial charge in [0, 0.05) is 17.8 Å². The Kier molecular flexibility index (Phi) is 4.56. The van der Waals surface area contributed by atoms with Crippen LogP contribution in [0, 0.1) is 6.92 Å². The number of benzene rings is 2. The van der Waals surface area contributed by atoms with Crippen molar-refractivity contribution in [3.8, 4) is 5.75 Å². The lowest BCUT2D eigenvalue weighted by Gasteiger charge is -2.17. The van der Waals surface area contributed by atoms with Gasteiger partial charge in [-0.05, 0) is 31.5 Å². The molecule has 4 heteroatoms. The van der Waals surface area contributed by atoms with E-state index in [9.17, 15) is 8.78 Å². The minimum atomic E-state index is -2.81. The average molecular weight is 277 g/mol. The third-order valence-corrected chi connectivity index (χ3v) is 2.98. The van der Waals surface area contributed by atoms with Crippen LogP contribution in [0.15, 0.2) is 48.5 Å². The second-order valence-corrected chi connectivity index (χ2v) is 4.69. The van der Waals surface area contributed by atoms with Crippen molar-refractivity contribution in [2.45, 2.75) is 26.5 Å². The lowest BCUT2D eigenvalue weighted by Crippen LogP contribution is -2.07. The van der Waals surface area contributed by atoms with Crippen LogP contribution in [0.4, 0.5) is 14.5 Å². The Balaban J connectivity index is 2.09. The van der Waals surface area contributed by atoms with Crippen molar-refractivity contribution < 1.29 is 13.5 Å². The predicted molar refractivity (Wildman–Crippen MR) is 76.3 cm³/mol. The summed E-state index contributed by atoms with van der Waals surface area (Å²) in [5.41, 5.74) is 3.08. The van der Waals surface area contributed by atoms with Crippen LogP contribution in [0.2, 0.25) is 0 Å². The summed E-state index contributed by atoms with van der Waals surface area (Å²) in [6.45, 7) is 1.25. The summed E-state index contributed by atoms with van der Waals surface area (Å²) >= 11 is 0. The molecule has 0 aliphatic heterocycles. The van der Waals surface area contributed by atoms with Crippen LogP contribution in [0.3, 0.4) is 0 Å². The highest BCUT2D eigenvalue weighted by Gasteiger charge is 2.08. The van der Waals surface area contributed by atoms with Crippen LogP contribution in [0.5, 0.6) is 5.75 Å². The second kappa shape index (κ2) is 6.37. The monoisotopic (exact) mass is 277 g/mol. The third-order valence-electron chi connectivity index (χ3n) is 2.98. The topological polar surface area (TPSA) is 21.3 Å². The smallest absolute Gasteiger partial charge is 0.387 e. The predicted octanol–water partition coefficient (Wildman–Crippen LogP) is 4.77. The lowest BCUT2D eigenvalue weighted by molar-refractivity contribution is -0.0498. The first-order valence-corrected chi connectivity index (χ1v) is 6.42. The first-order chi connectivity index (χ1) is 9.54. The van der Waals surface area contributed by atoms with Gasteiger partial charge in [0.15, 0.2) is 0 Å². The number of nitrogens with one attached hydrogen (secondary N) is 1. The van der Waals surface area contributed by atoms with Crippen LogP contribution < -0.4 is 10.1 Å². The minimum Gasteiger partial charge on any atom is -0.435 e. The Labute approximate surface area is 117 Å². The Morgan fingerprint density at radius 2 is 1.80 bits per heavy atom. The van der Waals surface area contributed by atoms with Crippen molar-refractivity contribution >= 4 is 5.69 Å². The lowest BCUT2D eigenvalue weighted by atomic mass is 10.1. The molecule has 0 saturated carbocycles. The normalized spacial score (nSPS) is 12.2. The van der Waals surface area contributed by atoms with Gasteiger partial charge in [-0.15, -0.1) is 0 Å². The molecule has 0 amide bonds. The van der Waals surface area contributed by atoms with Crippen LogP contribution in [-0.2, 0) is 0 Å². The van der Waals surface area contributed by atoms with E-state index in [2.05, 4.69) is 16.1 Å². The van der Waals surface area contributed by atoms with E-state index in [0.717, 1.165) is 11.3 Å². The average Bonchev–Trinajstić information content (AvgIpc) is 2.38. The fraction of sp³-hybridized carbons (Fsp3) is 0.250. The van der Waals surface area contributed by atoms with Gasteiger partial charge in [0.2, 0.25) is 0 Å². The summed E-state index contributed by atoms with van der Waals surface area (Å²) in [4.78, 5) is 0. The molecule has 1 atom stereocenters. The molecule has 0 radical (unpaired) electrons. The summed E-state index contributed by atoms with van der Waals surface area (Å²) in [6, 6.07) is 14.8. The van der Waals surface area contributed by atoms with Gasteiger partial charge in [-0.1, -0.05) is 35.9 Å². The van der Waals surface area contributed by atoms with E-state index in [-0.39, 0.29) is 11.8 Å². The number of alkyl halides is 2. The molecule has 0 bridgehead atoms. The molecule has 0 heterocycles. The number of anilines is 1. The summed E-state index contributed by atoms with van der Waals surface area (Å²) < 4.78 is 28.8. The molecule has 106 valence electrons. The molecule has 0 aromatic heterocycles. The molecule has 0 aliphatic rings. The largest absolute Gasteiger partial charge is 0.435 e. The van der Waals surface area contributed by atoms with Crippen molar-refractivity contribution in [3.63, 3.8) is 0 Å². The SMILES string of the molecule is Cc1cccc(C(C)Nc2cccc(OC(F)F)c2)c1. The van der Waals surface area contributed by atoms with Gasteiger partial charge < -0.3 is 10.1 Å². The maximum Gasteiger partial charge on any atom is 0.387 e. The molecule has 1 unspecified atom stereocenters. The summed E-state index contributed by atoms with van der Waals surface area (Å²) in [5, 5.41) is 3.27. The molecule has 2 aromatic rings. The van der Waals surface area contributed by atoms with Crippen LogP contribution in [0.25, 0.3) is 0 Å². The maximum absolute atomic E-state index is 12.2. The zero-order valence-corrected chi connectivity index (χ0v) is 11.4. The van der Waals surface area contributed by atoms with Crippen LogP contribution >= 0.6 is 0 Å². The van der Waals surface area contributed by atoms with E-state index in [4.69, 9.17) is 0 Å². The Bertz CT molecular complexity index is 572. The van der Waals surface area contributed by atoms with Crippen molar-refractivity contribution in [1.29, 1.82) is 0 Å². The number of hydrogen-bond donors (Lipinski definition) is 1. The highest BCUT2D eigenvalue weighted by Crippen LogP contribution is 2.24. The van der Waals surface area contributed by atoms with E-state index in [1.807, 2.05) is 38.1 Å². The Morgan fingerprint density at radius 3 is 2.50 bits per heavy atom. The van der Waals surface area contributed by atoms with Gasteiger partial charge in [0.05, 0.1) is 0 Å². The highest BCUT2D eigenvalue weighted by atomic mass is 19.3. The summed E-state index contributed by atoms with van der Waals surface area (Å²) in [5.74, 6) is 0.154. The fourth-order valence-electron chi connectivity index (χ4n) is 2.03. The second-order valence-electron chi connectivity index (χ2n) is 4.69.